The van der Waals surface area contributed by atoms with Gasteiger partial charge in [0, 0.05) is 29.1 Å². The molecule has 0 aliphatic carbocycles. The number of nitrogens with zero attached hydrogens (tertiary/aromatic N) is 1. The van der Waals surface area contributed by atoms with Crippen molar-refractivity contribution in [3.63, 3.8) is 0 Å². The maximum Gasteiger partial charge on any atom is 0.272 e. The van der Waals surface area contributed by atoms with Gasteiger partial charge in [-0.25, -0.2) is 0 Å². The van der Waals surface area contributed by atoms with E-state index in [9.17, 15) is 10.1 Å². The minimum atomic E-state index is -0.328. The molecule has 0 spiro atoms. The average Bonchev–Trinajstić information content (AvgIpc) is 2.83. The Balaban J connectivity index is 2.10. The number of nitrogens with one attached hydrogen (secondary N) is 1. The molecule has 106 valence electrons. The average molecular weight is 290 g/mol. The lowest BCUT2D eigenvalue weighted by molar-refractivity contribution is -0.385. The fraction of sp³-hybridized carbons (Fsp3) is 0.333. The molecule has 2 aromatic rings. The van der Waals surface area contributed by atoms with E-state index in [2.05, 4.69) is 30.6 Å². The summed E-state index contributed by atoms with van der Waals surface area (Å²) in [5, 5.41) is 16.5. The van der Waals surface area contributed by atoms with Gasteiger partial charge in [0.1, 0.15) is 0 Å². The van der Waals surface area contributed by atoms with Crippen LogP contribution in [0.5, 0.6) is 0 Å². The first-order valence-electron chi connectivity index (χ1n) is 6.51. The first-order chi connectivity index (χ1) is 9.50. The Morgan fingerprint density at radius 1 is 1.35 bits per heavy atom. The minimum Gasteiger partial charge on any atom is -0.305 e. The van der Waals surface area contributed by atoms with Crippen LogP contribution in [0.1, 0.15) is 34.5 Å². The van der Waals surface area contributed by atoms with Crippen molar-refractivity contribution in [2.75, 3.05) is 0 Å². The van der Waals surface area contributed by atoms with E-state index in [1.807, 2.05) is 6.07 Å². The van der Waals surface area contributed by atoms with Crippen molar-refractivity contribution in [1.82, 2.24) is 5.32 Å². The number of nitro benzene ring substituents is 1. The molecule has 0 saturated carbocycles. The summed E-state index contributed by atoms with van der Waals surface area (Å²) in [5.74, 6) is 0. The molecule has 0 bridgehead atoms. The number of hydrogen-bond acceptors (Lipinski definition) is 4. The summed E-state index contributed by atoms with van der Waals surface area (Å²) in [6.45, 7) is 6.65. The molecule has 4 nitrogen and oxygen atoms in total. The van der Waals surface area contributed by atoms with Gasteiger partial charge < -0.3 is 5.32 Å². The van der Waals surface area contributed by atoms with Crippen LogP contribution in [0, 0.1) is 24.0 Å². The summed E-state index contributed by atoms with van der Waals surface area (Å²) in [6, 6.07) is 7.57. The number of aryl methyl sites for hydroxylation is 1. The van der Waals surface area contributed by atoms with E-state index in [4.69, 9.17) is 0 Å². The lowest BCUT2D eigenvalue weighted by Gasteiger charge is -2.14. The molecule has 1 heterocycles. The molecule has 0 fully saturated rings. The third-order valence-electron chi connectivity index (χ3n) is 3.51. The van der Waals surface area contributed by atoms with Gasteiger partial charge in [0.25, 0.3) is 5.69 Å². The van der Waals surface area contributed by atoms with E-state index in [0.717, 1.165) is 11.1 Å². The molecular formula is C15H18N2O2S. The van der Waals surface area contributed by atoms with Gasteiger partial charge in [-0.2, -0.15) is 0 Å². The smallest absolute Gasteiger partial charge is 0.272 e. The second-order valence-corrected chi connectivity index (χ2v) is 5.84. The van der Waals surface area contributed by atoms with Crippen molar-refractivity contribution >= 4 is 17.0 Å². The van der Waals surface area contributed by atoms with Crippen LogP contribution in [0.3, 0.4) is 0 Å². The van der Waals surface area contributed by atoms with E-state index in [0.29, 0.717) is 6.54 Å². The number of thiophene rings is 1. The Hall–Kier alpha value is -1.72. The molecule has 0 radical (unpaired) electrons. The van der Waals surface area contributed by atoms with E-state index in [1.165, 1.54) is 10.4 Å². The maximum atomic E-state index is 10.9. The number of hydrogen-bond donors (Lipinski definition) is 1. The predicted molar refractivity (Wildman–Crippen MR) is 82.1 cm³/mol. The van der Waals surface area contributed by atoms with Crippen LogP contribution in [0.2, 0.25) is 0 Å². The van der Waals surface area contributed by atoms with Gasteiger partial charge in [-0.3, -0.25) is 10.1 Å². The first-order valence-corrected chi connectivity index (χ1v) is 7.39. The molecule has 20 heavy (non-hydrogen) atoms. The van der Waals surface area contributed by atoms with Crippen molar-refractivity contribution in [2.24, 2.45) is 0 Å². The maximum absolute atomic E-state index is 10.9. The Kier molecular flexibility index (Phi) is 4.52. The standard InChI is InChI=1S/C15H18N2O2S/c1-10-7-8-20-15(10)12(3)16-9-13-5-4-6-14(11(13)2)17(18)19/h4-8,12,16H,9H2,1-3H3. The molecule has 1 aromatic heterocycles. The molecule has 0 aliphatic rings. The lowest BCUT2D eigenvalue weighted by atomic mass is 10.1. The van der Waals surface area contributed by atoms with Crippen LogP contribution < -0.4 is 5.32 Å². The zero-order valence-electron chi connectivity index (χ0n) is 11.8. The third-order valence-corrected chi connectivity index (χ3v) is 4.71. The fourth-order valence-electron chi connectivity index (χ4n) is 2.24. The zero-order chi connectivity index (χ0) is 14.7. The van der Waals surface area contributed by atoms with Crippen LogP contribution in [-0.2, 0) is 6.54 Å². The van der Waals surface area contributed by atoms with Gasteiger partial charge in [0.15, 0.2) is 0 Å². The van der Waals surface area contributed by atoms with E-state index < -0.39 is 0 Å². The second-order valence-electron chi connectivity index (χ2n) is 4.89. The van der Waals surface area contributed by atoms with Crippen molar-refractivity contribution in [1.29, 1.82) is 0 Å². The highest BCUT2D eigenvalue weighted by Crippen LogP contribution is 2.25. The molecule has 1 unspecified atom stereocenters. The zero-order valence-corrected chi connectivity index (χ0v) is 12.7. The quantitative estimate of drug-likeness (QED) is 0.665. The minimum absolute atomic E-state index is 0.184. The summed E-state index contributed by atoms with van der Waals surface area (Å²) in [5.41, 5.74) is 3.18. The van der Waals surface area contributed by atoms with E-state index >= 15 is 0 Å². The summed E-state index contributed by atoms with van der Waals surface area (Å²) in [6.07, 6.45) is 0. The number of benzene rings is 1. The summed E-state index contributed by atoms with van der Waals surface area (Å²) >= 11 is 1.73. The molecule has 0 saturated heterocycles. The van der Waals surface area contributed by atoms with Gasteiger partial charge >= 0.3 is 0 Å². The SMILES string of the molecule is Cc1ccsc1C(C)NCc1cccc([N+](=O)[O-])c1C. The highest BCUT2D eigenvalue weighted by Gasteiger charge is 2.14. The first kappa shape index (κ1) is 14.7. The van der Waals surface area contributed by atoms with Crippen molar-refractivity contribution in [3.05, 3.63) is 61.3 Å². The van der Waals surface area contributed by atoms with E-state index in [-0.39, 0.29) is 16.7 Å². The van der Waals surface area contributed by atoms with Gasteiger partial charge in [-0.05, 0) is 43.3 Å². The van der Waals surface area contributed by atoms with Crippen LogP contribution in [0.25, 0.3) is 0 Å². The molecule has 1 N–H and O–H groups in total. The largest absolute Gasteiger partial charge is 0.305 e. The topological polar surface area (TPSA) is 55.2 Å². The van der Waals surface area contributed by atoms with Gasteiger partial charge in [0.05, 0.1) is 4.92 Å². The highest BCUT2D eigenvalue weighted by molar-refractivity contribution is 7.10. The van der Waals surface area contributed by atoms with Crippen molar-refractivity contribution < 1.29 is 4.92 Å². The molecule has 0 aliphatic heterocycles. The number of rotatable bonds is 5. The monoisotopic (exact) mass is 290 g/mol. The second kappa shape index (κ2) is 6.15. The summed E-state index contributed by atoms with van der Waals surface area (Å²) < 4.78 is 0. The van der Waals surface area contributed by atoms with Crippen molar-refractivity contribution in [3.8, 4) is 0 Å². The Bertz CT molecular complexity index is 622. The predicted octanol–water partition coefficient (Wildman–Crippen LogP) is 4.12. The van der Waals surface area contributed by atoms with Crippen LogP contribution >= 0.6 is 11.3 Å². The Labute approximate surface area is 122 Å². The normalized spacial score (nSPS) is 12.3. The number of nitro groups is 1. The summed E-state index contributed by atoms with van der Waals surface area (Å²) in [4.78, 5) is 11.9. The van der Waals surface area contributed by atoms with Crippen LogP contribution in [0.4, 0.5) is 5.69 Å². The molecule has 1 atom stereocenters. The lowest BCUT2D eigenvalue weighted by Crippen LogP contribution is -2.18. The highest BCUT2D eigenvalue weighted by atomic mass is 32.1. The molecule has 2 rings (SSSR count). The van der Waals surface area contributed by atoms with Gasteiger partial charge in [0.2, 0.25) is 0 Å². The van der Waals surface area contributed by atoms with Crippen LogP contribution in [0.15, 0.2) is 29.6 Å². The van der Waals surface area contributed by atoms with Gasteiger partial charge in [-0.1, -0.05) is 12.1 Å². The molecular weight excluding hydrogens is 272 g/mol. The summed E-state index contributed by atoms with van der Waals surface area (Å²) in [7, 11) is 0. The third kappa shape index (κ3) is 3.05. The van der Waals surface area contributed by atoms with E-state index in [1.54, 1.807) is 30.4 Å². The van der Waals surface area contributed by atoms with Crippen LogP contribution in [-0.4, -0.2) is 4.92 Å². The molecule has 5 heteroatoms. The van der Waals surface area contributed by atoms with Crippen molar-refractivity contribution in [2.45, 2.75) is 33.4 Å². The van der Waals surface area contributed by atoms with Gasteiger partial charge in [-0.15, -0.1) is 11.3 Å². The fourth-order valence-corrected chi connectivity index (χ4v) is 3.20. The molecule has 0 amide bonds. The Morgan fingerprint density at radius 3 is 2.70 bits per heavy atom. The Morgan fingerprint density at radius 2 is 2.10 bits per heavy atom. The molecule has 1 aromatic carbocycles.